The second-order valence-corrected chi connectivity index (χ2v) is 5.68. The smallest absolute Gasteiger partial charge is 0.416 e. The number of carboxylic acids is 1. The molecule has 1 saturated heterocycles. The second-order valence-electron chi connectivity index (χ2n) is 5.68. The molecule has 0 unspecified atom stereocenters. The summed E-state index contributed by atoms with van der Waals surface area (Å²) >= 11 is 0. The highest BCUT2D eigenvalue weighted by molar-refractivity contribution is 5.71. The van der Waals surface area contributed by atoms with E-state index in [2.05, 4.69) is 0 Å². The standard InChI is InChI=1S/C15H18F3NO3/c1-9-13(14(21)22)3-2-4-19(9)8-10-5-11(15(16,17)18)7-12(20)6-10/h5-7,9,13,20H,2-4,8H2,1H3,(H,21,22)/t9-,13-/m1/s1. The third-order valence-electron chi connectivity index (χ3n) is 4.13. The Hall–Kier alpha value is -1.76. The van der Waals surface area contributed by atoms with Crippen LogP contribution in [0, 0.1) is 5.92 Å². The number of likely N-dealkylation sites (tertiary alicyclic amines) is 1. The number of nitrogens with zero attached hydrogens (tertiary/aromatic N) is 1. The van der Waals surface area contributed by atoms with Gasteiger partial charge in [0.15, 0.2) is 0 Å². The van der Waals surface area contributed by atoms with Crippen molar-refractivity contribution in [2.45, 2.75) is 38.5 Å². The fraction of sp³-hybridized carbons (Fsp3) is 0.533. The second kappa shape index (κ2) is 6.16. The van der Waals surface area contributed by atoms with Gasteiger partial charge >= 0.3 is 12.1 Å². The maximum atomic E-state index is 12.8. The van der Waals surface area contributed by atoms with Crippen molar-refractivity contribution in [1.82, 2.24) is 4.90 Å². The van der Waals surface area contributed by atoms with Crippen LogP contribution in [-0.2, 0) is 17.5 Å². The topological polar surface area (TPSA) is 60.8 Å². The monoisotopic (exact) mass is 317 g/mol. The molecule has 2 rings (SSSR count). The summed E-state index contributed by atoms with van der Waals surface area (Å²) < 4.78 is 38.3. The van der Waals surface area contributed by atoms with E-state index in [1.54, 1.807) is 6.92 Å². The molecule has 0 spiro atoms. The number of carboxylic acid groups (broad SMARTS) is 1. The van der Waals surface area contributed by atoms with Crippen molar-refractivity contribution >= 4 is 5.97 Å². The molecular weight excluding hydrogens is 299 g/mol. The minimum absolute atomic E-state index is 0.183. The maximum absolute atomic E-state index is 12.8. The Labute approximate surface area is 126 Å². The van der Waals surface area contributed by atoms with Gasteiger partial charge in [0.2, 0.25) is 0 Å². The van der Waals surface area contributed by atoms with Crippen LogP contribution in [0.15, 0.2) is 18.2 Å². The summed E-state index contributed by atoms with van der Waals surface area (Å²) in [6, 6.07) is 2.70. The third-order valence-corrected chi connectivity index (χ3v) is 4.13. The molecule has 2 N–H and O–H groups in total. The lowest BCUT2D eigenvalue weighted by Gasteiger charge is -2.37. The van der Waals surface area contributed by atoms with Crippen molar-refractivity contribution in [2.75, 3.05) is 6.54 Å². The quantitative estimate of drug-likeness (QED) is 0.899. The van der Waals surface area contributed by atoms with E-state index in [9.17, 15) is 28.2 Å². The highest BCUT2D eigenvalue weighted by atomic mass is 19.4. The molecule has 1 aliphatic rings. The van der Waals surface area contributed by atoms with Crippen molar-refractivity contribution in [3.8, 4) is 5.75 Å². The van der Waals surface area contributed by atoms with Crippen LogP contribution in [0.5, 0.6) is 5.75 Å². The Morgan fingerprint density at radius 2 is 2.05 bits per heavy atom. The first kappa shape index (κ1) is 16.6. The fourth-order valence-corrected chi connectivity index (χ4v) is 2.93. The lowest BCUT2D eigenvalue weighted by molar-refractivity contribution is -0.145. The van der Waals surface area contributed by atoms with E-state index in [0.29, 0.717) is 31.0 Å². The first-order valence-electron chi connectivity index (χ1n) is 7.05. The van der Waals surface area contributed by atoms with E-state index in [1.807, 2.05) is 4.90 Å². The van der Waals surface area contributed by atoms with E-state index in [1.165, 1.54) is 6.07 Å². The van der Waals surface area contributed by atoms with Crippen molar-refractivity contribution in [2.24, 2.45) is 5.92 Å². The highest BCUT2D eigenvalue weighted by Crippen LogP contribution is 2.33. The SMILES string of the molecule is C[C@@H]1[C@H](C(=O)O)CCCN1Cc1cc(O)cc(C(F)(F)F)c1. The molecule has 0 aliphatic carbocycles. The van der Waals surface area contributed by atoms with Gasteiger partial charge in [-0.1, -0.05) is 0 Å². The molecule has 22 heavy (non-hydrogen) atoms. The molecule has 0 aromatic heterocycles. The number of phenols is 1. The molecule has 4 nitrogen and oxygen atoms in total. The minimum Gasteiger partial charge on any atom is -0.508 e. The van der Waals surface area contributed by atoms with Gasteiger partial charge in [0.05, 0.1) is 11.5 Å². The Morgan fingerprint density at radius 3 is 2.64 bits per heavy atom. The van der Waals surface area contributed by atoms with Gasteiger partial charge in [0.1, 0.15) is 5.75 Å². The Balaban J connectivity index is 2.19. The molecule has 1 aliphatic heterocycles. The van der Waals surface area contributed by atoms with Crippen LogP contribution in [0.4, 0.5) is 13.2 Å². The van der Waals surface area contributed by atoms with Crippen LogP contribution in [0.3, 0.4) is 0 Å². The first-order valence-corrected chi connectivity index (χ1v) is 7.05. The number of phenolic OH excluding ortho intramolecular Hbond substituents is 1. The van der Waals surface area contributed by atoms with Crippen LogP contribution >= 0.6 is 0 Å². The lowest BCUT2D eigenvalue weighted by Crippen LogP contribution is -2.45. The lowest BCUT2D eigenvalue weighted by atomic mass is 9.90. The molecule has 2 atom stereocenters. The average molecular weight is 317 g/mol. The van der Waals surface area contributed by atoms with E-state index in [-0.39, 0.29) is 12.6 Å². The number of aromatic hydroxyl groups is 1. The van der Waals surface area contributed by atoms with Gasteiger partial charge < -0.3 is 10.2 Å². The molecule has 1 aromatic rings. The number of hydrogen-bond donors (Lipinski definition) is 2. The number of carbonyl (C=O) groups is 1. The fourth-order valence-electron chi connectivity index (χ4n) is 2.93. The highest BCUT2D eigenvalue weighted by Gasteiger charge is 2.34. The maximum Gasteiger partial charge on any atom is 0.416 e. The minimum atomic E-state index is -4.52. The predicted molar refractivity (Wildman–Crippen MR) is 73.3 cm³/mol. The third kappa shape index (κ3) is 3.71. The Morgan fingerprint density at radius 1 is 1.36 bits per heavy atom. The molecular formula is C15H18F3NO3. The van der Waals surface area contributed by atoms with Gasteiger partial charge in [-0.25, -0.2) is 0 Å². The summed E-state index contributed by atoms with van der Waals surface area (Å²) in [6.45, 7) is 2.58. The summed E-state index contributed by atoms with van der Waals surface area (Å²) in [7, 11) is 0. The average Bonchev–Trinajstić information content (AvgIpc) is 2.39. The molecule has 0 bridgehead atoms. The molecule has 122 valence electrons. The summed E-state index contributed by atoms with van der Waals surface area (Å²) in [5.41, 5.74) is -0.577. The first-order chi connectivity index (χ1) is 10.2. The van der Waals surface area contributed by atoms with Crippen LogP contribution in [-0.4, -0.2) is 33.7 Å². The number of halogens is 3. The van der Waals surface area contributed by atoms with Crippen LogP contribution in [0.25, 0.3) is 0 Å². The number of alkyl halides is 3. The van der Waals surface area contributed by atoms with Crippen LogP contribution < -0.4 is 0 Å². The summed E-state index contributed by atoms with van der Waals surface area (Å²) in [6.07, 6.45) is -3.27. The zero-order valence-electron chi connectivity index (χ0n) is 12.1. The Kier molecular flexibility index (Phi) is 4.65. The van der Waals surface area contributed by atoms with Gasteiger partial charge in [-0.3, -0.25) is 9.69 Å². The Bertz CT molecular complexity index is 559. The molecule has 0 radical (unpaired) electrons. The summed E-state index contributed by atoms with van der Waals surface area (Å²) in [5, 5.41) is 18.7. The predicted octanol–water partition coefficient (Wildman–Crippen LogP) is 3.10. The van der Waals surface area contributed by atoms with Gasteiger partial charge in [-0.05, 0) is 50.1 Å². The molecule has 1 heterocycles. The van der Waals surface area contributed by atoms with E-state index in [0.717, 1.165) is 6.07 Å². The van der Waals surface area contributed by atoms with Crippen molar-refractivity contribution in [3.05, 3.63) is 29.3 Å². The molecule has 1 aromatic carbocycles. The molecule has 1 fully saturated rings. The van der Waals surface area contributed by atoms with Crippen LogP contribution in [0.1, 0.15) is 30.9 Å². The van der Waals surface area contributed by atoms with E-state index >= 15 is 0 Å². The van der Waals surface area contributed by atoms with Crippen molar-refractivity contribution in [3.63, 3.8) is 0 Å². The van der Waals surface area contributed by atoms with Crippen molar-refractivity contribution < 1.29 is 28.2 Å². The number of rotatable bonds is 3. The van der Waals surface area contributed by atoms with E-state index in [4.69, 9.17) is 0 Å². The number of aliphatic carboxylic acids is 1. The van der Waals surface area contributed by atoms with E-state index < -0.39 is 29.4 Å². The largest absolute Gasteiger partial charge is 0.508 e. The number of benzene rings is 1. The number of hydrogen-bond acceptors (Lipinski definition) is 3. The number of piperidine rings is 1. The zero-order valence-corrected chi connectivity index (χ0v) is 12.1. The molecule has 0 saturated carbocycles. The van der Waals surface area contributed by atoms with Gasteiger partial charge in [-0.2, -0.15) is 13.2 Å². The normalized spacial score (nSPS) is 23.5. The zero-order chi connectivity index (χ0) is 16.5. The van der Waals surface area contributed by atoms with Gasteiger partial charge in [0.25, 0.3) is 0 Å². The molecule has 0 amide bonds. The van der Waals surface area contributed by atoms with Gasteiger partial charge in [0, 0.05) is 12.6 Å². The van der Waals surface area contributed by atoms with Crippen molar-refractivity contribution in [1.29, 1.82) is 0 Å². The summed E-state index contributed by atoms with van der Waals surface area (Å²) in [5.74, 6) is -1.85. The molecule has 7 heteroatoms. The summed E-state index contributed by atoms with van der Waals surface area (Å²) in [4.78, 5) is 13.0. The van der Waals surface area contributed by atoms with Crippen LogP contribution in [0.2, 0.25) is 0 Å². The van der Waals surface area contributed by atoms with Gasteiger partial charge in [-0.15, -0.1) is 0 Å².